The summed E-state index contributed by atoms with van der Waals surface area (Å²) in [6, 6.07) is 18.7. The van der Waals surface area contributed by atoms with Crippen molar-refractivity contribution in [3.63, 3.8) is 0 Å². The molecule has 0 bridgehead atoms. The Labute approximate surface area is 304 Å². The van der Waals surface area contributed by atoms with Gasteiger partial charge in [0.2, 0.25) is 11.8 Å². The maximum absolute atomic E-state index is 13.2. The Balaban J connectivity index is 1.11. The van der Waals surface area contributed by atoms with Gasteiger partial charge in [0, 0.05) is 65.8 Å². The fourth-order valence-corrected chi connectivity index (χ4v) is 7.22. The zero-order valence-electron chi connectivity index (χ0n) is 27.9. The van der Waals surface area contributed by atoms with E-state index in [1.54, 1.807) is 25.4 Å². The number of esters is 1. The zero-order chi connectivity index (χ0) is 35.5. The minimum Gasteiger partial charge on any atom is -0.481 e. The summed E-state index contributed by atoms with van der Waals surface area (Å²) in [6.07, 6.45) is 6.12. The number of ether oxygens (including phenoxy) is 2. The van der Waals surface area contributed by atoms with Crippen molar-refractivity contribution in [2.75, 3.05) is 20.2 Å². The van der Waals surface area contributed by atoms with Gasteiger partial charge in [-0.15, -0.1) is 0 Å². The van der Waals surface area contributed by atoms with Crippen LogP contribution in [-0.4, -0.2) is 58.5 Å². The maximum Gasteiger partial charge on any atom is 0.323 e. The summed E-state index contributed by atoms with van der Waals surface area (Å²) in [5, 5.41) is 10.4. The van der Waals surface area contributed by atoms with Crippen LogP contribution in [0.4, 0.5) is 0 Å². The van der Waals surface area contributed by atoms with Crippen molar-refractivity contribution in [3.05, 3.63) is 105 Å². The smallest absolute Gasteiger partial charge is 0.323 e. The summed E-state index contributed by atoms with van der Waals surface area (Å²) in [7, 11) is 1.58. The lowest BCUT2D eigenvalue weighted by Crippen LogP contribution is -2.35. The summed E-state index contributed by atoms with van der Waals surface area (Å²) in [5.74, 6) is 0.208. The molecule has 1 amide bonds. The van der Waals surface area contributed by atoms with E-state index in [4.69, 9.17) is 37.7 Å². The first-order valence-electron chi connectivity index (χ1n) is 16.8. The third kappa shape index (κ3) is 7.34. The molecule has 2 aromatic carbocycles. The molecule has 1 unspecified atom stereocenters. The summed E-state index contributed by atoms with van der Waals surface area (Å²) < 4.78 is 12.5. The van der Waals surface area contributed by atoms with E-state index < -0.39 is 0 Å². The highest BCUT2D eigenvalue weighted by Crippen LogP contribution is 2.42. The monoisotopic (exact) mass is 726 g/mol. The quantitative estimate of drug-likeness (QED) is 0.149. The lowest BCUT2D eigenvalue weighted by molar-refractivity contribution is -0.147. The number of methoxy groups -OCH3 is 1. The Morgan fingerprint density at radius 1 is 0.980 bits per heavy atom. The minimum absolute atomic E-state index is 0.0886. The number of amides is 1. The van der Waals surface area contributed by atoms with Gasteiger partial charge in [-0.05, 0) is 49.6 Å². The molecule has 51 heavy (non-hydrogen) atoms. The van der Waals surface area contributed by atoms with Crippen LogP contribution in [0.3, 0.4) is 0 Å². The Hall–Kier alpha value is -4.81. The molecule has 2 atom stereocenters. The van der Waals surface area contributed by atoms with Gasteiger partial charge in [0.05, 0.1) is 28.4 Å². The van der Waals surface area contributed by atoms with E-state index in [9.17, 15) is 14.4 Å². The largest absolute Gasteiger partial charge is 0.481 e. The first-order chi connectivity index (χ1) is 24.8. The van der Waals surface area contributed by atoms with Gasteiger partial charge in [0.25, 0.3) is 5.56 Å². The third-order valence-electron chi connectivity index (χ3n) is 9.29. The highest BCUT2D eigenvalue weighted by atomic mass is 35.5. The van der Waals surface area contributed by atoms with Gasteiger partial charge in [-0.3, -0.25) is 18.8 Å². The SMILES string of the molecule is COc1nc(-c2cccc(-c3cccc(-c4ccn5c(=O)c(COC(=O)[C@H]6CCCN6)cnc5c4)c3Cl)c2Cl)ccc1CNCC1CCC(=O)N1. The Bertz CT molecular complexity index is 2190. The molecule has 2 aliphatic heterocycles. The predicted molar refractivity (Wildman–Crippen MR) is 196 cm³/mol. The lowest BCUT2D eigenvalue weighted by atomic mass is 9.97. The second-order valence-corrected chi connectivity index (χ2v) is 13.4. The number of benzene rings is 2. The van der Waals surface area contributed by atoms with Gasteiger partial charge in [0.15, 0.2) is 0 Å². The molecule has 11 nitrogen and oxygen atoms in total. The molecule has 5 heterocycles. The van der Waals surface area contributed by atoms with Crippen molar-refractivity contribution in [2.45, 2.75) is 50.9 Å². The standard InChI is InChI=1S/C38H36Cl2N6O5/c1-50-36-23(18-41-20-25-11-13-33(47)44-25)10-12-30(45-36)29-8-3-7-28(35(29)40)27-6-2-5-26(34(27)39)22-14-16-46-32(17-22)43-19-24(37(46)48)21-51-38(49)31-9-4-15-42-31/h2-3,5-8,10,12,14,16-17,19,25,31,41-42H,4,9,11,13,15,18,20-21H2,1H3,(H,44,47)/t25?,31-/m1/s1. The van der Waals surface area contributed by atoms with E-state index in [0.29, 0.717) is 46.8 Å². The van der Waals surface area contributed by atoms with E-state index in [1.807, 2.05) is 48.5 Å². The fraction of sp³-hybridized carbons (Fsp3) is 0.289. The number of hydrogen-bond donors (Lipinski definition) is 3. The van der Waals surface area contributed by atoms with Crippen LogP contribution in [0.15, 0.2) is 77.9 Å². The van der Waals surface area contributed by atoms with Crippen LogP contribution in [0.2, 0.25) is 10.0 Å². The van der Waals surface area contributed by atoms with Gasteiger partial charge < -0.3 is 25.4 Å². The maximum atomic E-state index is 13.2. The van der Waals surface area contributed by atoms with E-state index in [-0.39, 0.29) is 41.7 Å². The van der Waals surface area contributed by atoms with Gasteiger partial charge >= 0.3 is 5.97 Å². The van der Waals surface area contributed by atoms with E-state index in [0.717, 1.165) is 59.2 Å². The third-order valence-corrected chi connectivity index (χ3v) is 10.1. The number of carbonyl (C=O) groups is 2. The molecule has 0 radical (unpaired) electrons. The van der Waals surface area contributed by atoms with Crippen LogP contribution in [0.1, 0.15) is 36.8 Å². The van der Waals surface area contributed by atoms with Crippen LogP contribution in [0, 0.1) is 0 Å². The van der Waals surface area contributed by atoms with Crippen molar-refractivity contribution >= 4 is 40.7 Å². The molecule has 7 rings (SSSR count). The van der Waals surface area contributed by atoms with Crippen molar-refractivity contribution in [1.29, 1.82) is 0 Å². The molecule has 2 fully saturated rings. The van der Waals surface area contributed by atoms with Crippen molar-refractivity contribution < 1.29 is 19.1 Å². The summed E-state index contributed by atoms with van der Waals surface area (Å²) in [4.78, 5) is 46.3. The number of halogens is 2. The summed E-state index contributed by atoms with van der Waals surface area (Å²) in [6.45, 7) is 1.83. The van der Waals surface area contributed by atoms with Crippen LogP contribution in [0.25, 0.3) is 39.2 Å². The Morgan fingerprint density at radius 3 is 2.47 bits per heavy atom. The highest BCUT2D eigenvalue weighted by molar-refractivity contribution is 6.39. The highest BCUT2D eigenvalue weighted by Gasteiger charge is 2.24. The number of pyridine rings is 2. The molecule has 262 valence electrons. The molecule has 0 aliphatic carbocycles. The molecule has 13 heteroatoms. The number of nitrogens with one attached hydrogen (secondary N) is 3. The van der Waals surface area contributed by atoms with Crippen LogP contribution in [0.5, 0.6) is 5.88 Å². The van der Waals surface area contributed by atoms with E-state index >= 15 is 0 Å². The Kier molecular flexibility index (Phi) is 10.3. The van der Waals surface area contributed by atoms with Crippen LogP contribution in [-0.2, 0) is 27.5 Å². The van der Waals surface area contributed by atoms with Gasteiger partial charge in [-0.2, -0.15) is 0 Å². The predicted octanol–water partition coefficient (Wildman–Crippen LogP) is 5.57. The number of hydrogen-bond acceptors (Lipinski definition) is 9. The Morgan fingerprint density at radius 2 is 1.75 bits per heavy atom. The minimum atomic E-state index is -0.363. The molecule has 3 aromatic heterocycles. The first kappa shape index (κ1) is 34.6. The lowest BCUT2D eigenvalue weighted by Gasteiger charge is -2.16. The number of carbonyl (C=O) groups excluding carboxylic acids is 2. The fourth-order valence-electron chi connectivity index (χ4n) is 6.56. The molecule has 3 N–H and O–H groups in total. The molecular formula is C38H36Cl2N6O5. The molecule has 2 saturated heterocycles. The van der Waals surface area contributed by atoms with Crippen molar-refractivity contribution in [1.82, 2.24) is 30.3 Å². The van der Waals surface area contributed by atoms with Crippen LogP contribution < -0.4 is 26.2 Å². The van der Waals surface area contributed by atoms with Crippen molar-refractivity contribution in [3.8, 4) is 39.4 Å². The zero-order valence-corrected chi connectivity index (χ0v) is 29.4. The molecular weight excluding hydrogens is 691 g/mol. The summed E-state index contributed by atoms with van der Waals surface area (Å²) in [5.41, 5.74) is 5.62. The average Bonchev–Trinajstić information content (AvgIpc) is 3.84. The number of rotatable bonds is 11. The number of nitrogens with zero attached hydrogens (tertiary/aromatic N) is 3. The average molecular weight is 728 g/mol. The molecule has 0 saturated carbocycles. The topological polar surface area (TPSA) is 136 Å². The van der Waals surface area contributed by atoms with E-state index in [1.165, 1.54) is 10.6 Å². The number of aromatic nitrogens is 3. The van der Waals surface area contributed by atoms with Gasteiger partial charge in [0.1, 0.15) is 18.3 Å². The number of fused-ring (bicyclic) bond motifs is 1. The second kappa shape index (κ2) is 15.2. The van der Waals surface area contributed by atoms with Crippen molar-refractivity contribution in [2.24, 2.45) is 0 Å². The van der Waals surface area contributed by atoms with Crippen LogP contribution >= 0.6 is 23.2 Å². The normalized spacial score (nSPS) is 17.1. The van der Waals surface area contributed by atoms with E-state index in [2.05, 4.69) is 20.9 Å². The second-order valence-electron chi connectivity index (χ2n) is 12.6. The molecule has 2 aliphatic rings. The molecule has 5 aromatic rings. The van der Waals surface area contributed by atoms with Gasteiger partial charge in [-0.1, -0.05) is 65.7 Å². The first-order valence-corrected chi connectivity index (χ1v) is 17.6. The molecule has 0 spiro atoms. The summed E-state index contributed by atoms with van der Waals surface area (Å²) >= 11 is 14.2. The van der Waals surface area contributed by atoms with Gasteiger partial charge in [-0.25, -0.2) is 9.97 Å².